The van der Waals surface area contributed by atoms with Gasteiger partial charge in [0, 0.05) is 30.4 Å². The average molecular weight is 414 g/mol. The van der Waals surface area contributed by atoms with Crippen molar-refractivity contribution in [2.45, 2.75) is 39.7 Å². The number of carbonyl (C=O) groups excluding carboxylic acids is 1. The first kappa shape index (κ1) is 17.1. The maximum atomic E-state index is 12.7. The number of nitrogens with one attached hydrogen (secondary N) is 1. The predicted octanol–water partition coefficient (Wildman–Crippen LogP) is 5.11. The molecule has 5 nitrogen and oxygen atoms in total. The Kier molecular flexibility index (Phi) is 4.44. The average Bonchev–Trinajstić information content (AvgIpc) is 3.16. The second-order valence-electron chi connectivity index (χ2n) is 6.63. The van der Waals surface area contributed by atoms with Crippen molar-refractivity contribution in [2.75, 3.05) is 5.32 Å². The van der Waals surface area contributed by atoms with Crippen LogP contribution in [0.2, 0.25) is 0 Å². The number of fused-ring (bicyclic) bond motifs is 1. The zero-order valence-corrected chi connectivity index (χ0v) is 16.4. The Balaban J connectivity index is 1.60. The molecule has 0 fully saturated rings. The Labute approximate surface area is 160 Å². The molecular formula is C20H20BrN3O2. The van der Waals surface area contributed by atoms with Crippen molar-refractivity contribution in [3.63, 3.8) is 0 Å². The topological polar surface area (TPSA) is 60.1 Å². The number of anilines is 1. The first-order chi connectivity index (χ1) is 12.5. The van der Waals surface area contributed by atoms with Crippen LogP contribution in [0.3, 0.4) is 0 Å². The number of nitrogens with zero attached hydrogens (tertiary/aromatic N) is 2. The molecule has 0 aliphatic carbocycles. The third kappa shape index (κ3) is 3.09. The number of rotatable bonds is 3. The van der Waals surface area contributed by atoms with Crippen molar-refractivity contribution in [3.8, 4) is 11.3 Å². The van der Waals surface area contributed by atoms with E-state index in [9.17, 15) is 4.79 Å². The Morgan fingerprint density at radius 2 is 2.12 bits per heavy atom. The van der Waals surface area contributed by atoms with Crippen molar-refractivity contribution >= 4 is 27.5 Å². The number of aromatic nitrogens is 2. The molecule has 3 aromatic rings. The molecule has 0 saturated heterocycles. The van der Waals surface area contributed by atoms with E-state index in [2.05, 4.69) is 32.0 Å². The van der Waals surface area contributed by atoms with E-state index >= 15 is 0 Å². The lowest BCUT2D eigenvalue weighted by atomic mass is 10.1. The van der Waals surface area contributed by atoms with E-state index in [0.29, 0.717) is 21.6 Å². The molecule has 0 saturated carbocycles. The number of furan rings is 1. The van der Waals surface area contributed by atoms with Crippen molar-refractivity contribution in [1.29, 1.82) is 0 Å². The highest BCUT2D eigenvalue weighted by Gasteiger charge is 2.20. The minimum Gasteiger partial charge on any atom is -0.465 e. The lowest BCUT2D eigenvalue weighted by molar-refractivity contribution is 0.102. The minimum atomic E-state index is -0.187. The molecule has 0 radical (unpaired) electrons. The summed E-state index contributed by atoms with van der Waals surface area (Å²) in [6, 6.07) is 7.80. The second kappa shape index (κ2) is 6.76. The number of hydrogen-bond acceptors (Lipinski definition) is 3. The first-order valence-corrected chi connectivity index (χ1v) is 9.55. The third-order valence-corrected chi connectivity index (χ3v) is 5.69. The van der Waals surface area contributed by atoms with Crippen LogP contribution in [0.1, 0.15) is 40.5 Å². The minimum absolute atomic E-state index is 0.187. The summed E-state index contributed by atoms with van der Waals surface area (Å²) >= 11 is 3.43. The van der Waals surface area contributed by atoms with Crippen LogP contribution in [0.4, 0.5) is 5.69 Å². The van der Waals surface area contributed by atoms with Crippen LogP contribution in [0, 0.1) is 13.8 Å². The summed E-state index contributed by atoms with van der Waals surface area (Å²) in [5, 5.41) is 2.96. The zero-order valence-electron chi connectivity index (χ0n) is 14.8. The van der Waals surface area contributed by atoms with Gasteiger partial charge in [0.2, 0.25) is 0 Å². The standard InChI is InChI=1S/C20H20BrN3O2/c1-12-18(19(21)13(2)26-12)20(25)22-15-7-5-6-14(10-15)16-11-24-9-4-3-8-17(24)23-16/h5-7,10-11H,3-4,8-9H2,1-2H3,(H,22,25). The van der Waals surface area contributed by atoms with Gasteiger partial charge in [-0.2, -0.15) is 0 Å². The molecule has 1 N–H and O–H groups in total. The quantitative estimate of drug-likeness (QED) is 0.648. The lowest BCUT2D eigenvalue weighted by Gasteiger charge is -2.11. The summed E-state index contributed by atoms with van der Waals surface area (Å²) in [4.78, 5) is 17.4. The molecule has 1 amide bonds. The molecule has 1 aliphatic heterocycles. The molecule has 1 aromatic carbocycles. The maximum Gasteiger partial charge on any atom is 0.260 e. The highest BCUT2D eigenvalue weighted by Crippen LogP contribution is 2.29. The molecule has 1 aliphatic rings. The molecule has 0 bridgehead atoms. The molecule has 134 valence electrons. The van der Waals surface area contributed by atoms with E-state index in [1.54, 1.807) is 6.92 Å². The molecule has 0 unspecified atom stereocenters. The number of imidazole rings is 1. The fraction of sp³-hybridized carbons (Fsp3) is 0.300. The van der Waals surface area contributed by atoms with Crippen LogP contribution in [0.15, 0.2) is 39.4 Å². The molecular weight excluding hydrogens is 394 g/mol. The van der Waals surface area contributed by atoms with Gasteiger partial charge in [0.05, 0.1) is 15.7 Å². The molecule has 4 rings (SSSR count). The van der Waals surface area contributed by atoms with Crippen molar-refractivity contribution in [1.82, 2.24) is 9.55 Å². The van der Waals surface area contributed by atoms with Crippen LogP contribution in [0.25, 0.3) is 11.3 Å². The third-order valence-electron chi connectivity index (χ3n) is 4.74. The van der Waals surface area contributed by atoms with E-state index in [-0.39, 0.29) is 5.91 Å². The smallest absolute Gasteiger partial charge is 0.260 e. The zero-order chi connectivity index (χ0) is 18.3. The highest BCUT2D eigenvalue weighted by molar-refractivity contribution is 9.10. The summed E-state index contributed by atoms with van der Waals surface area (Å²) in [7, 11) is 0. The largest absolute Gasteiger partial charge is 0.465 e. The van der Waals surface area contributed by atoms with Crippen LogP contribution < -0.4 is 5.32 Å². The molecule has 6 heteroatoms. The van der Waals surface area contributed by atoms with Gasteiger partial charge in [0.1, 0.15) is 17.3 Å². The highest BCUT2D eigenvalue weighted by atomic mass is 79.9. The van der Waals surface area contributed by atoms with E-state index < -0.39 is 0 Å². The van der Waals surface area contributed by atoms with E-state index in [1.165, 1.54) is 12.8 Å². The summed E-state index contributed by atoms with van der Waals surface area (Å²) in [6.07, 6.45) is 5.54. The lowest BCUT2D eigenvalue weighted by Crippen LogP contribution is -2.12. The van der Waals surface area contributed by atoms with Crippen LogP contribution in [0.5, 0.6) is 0 Å². The Morgan fingerprint density at radius 3 is 2.85 bits per heavy atom. The van der Waals surface area contributed by atoms with Gasteiger partial charge in [-0.3, -0.25) is 4.79 Å². The monoisotopic (exact) mass is 413 g/mol. The summed E-state index contributed by atoms with van der Waals surface area (Å²) in [6.45, 7) is 4.65. The summed E-state index contributed by atoms with van der Waals surface area (Å²) in [5.41, 5.74) is 3.23. The number of halogens is 1. The second-order valence-corrected chi connectivity index (χ2v) is 7.42. The van der Waals surface area contributed by atoms with Gasteiger partial charge >= 0.3 is 0 Å². The fourth-order valence-electron chi connectivity index (χ4n) is 3.42. The Bertz CT molecular complexity index is 964. The molecule has 0 atom stereocenters. The van der Waals surface area contributed by atoms with Crippen molar-refractivity contribution in [2.24, 2.45) is 0 Å². The fourth-order valence-corrected chi connectivity index (χ4v) is 3.96. The van der Waals surface area contributed by atoms with Gasteiger partial charge in [0.15, 0.2) is 0 Å². The summed E-state index contributed by atoms with van der Waals surface area (Å²) < 4.78 is 8.46. The number of carbonyl (C=O) groups is 1. The van der Waals surface area contributed by atoms with E-state index in [4.69, 9.17) is 9.40 Å². The summed E-state index contributed by atoms with van der Waals surface area (Å²) in [5.74, 6) is 2.26. The number of aryl methyl sites for hydroxylation is 4. The number of benzene rings is 1. The normalized spacial score (nSPS) is 13.5. The predicted molar refractivity (Wildman–Crippen MR) is 104 cm³/mol. The van der Waals surface area contributed by atoms with Gasteiger partial charge in [-0.05, 0) is 54.8 Å². The molecule has 26 heavy (non-hydrogen) atoms. The van der Waals surface area contributed by atoms with Crippen LogP contribution >= 0.6 is 15.9 Å². The van der Waals surface area contributed by atoms with Crippen molar-refractivity contribution in [3.05, 3.63) is 57.8 Å². The molecule has 3 heterocycles. The van der Waals surface area contributed by atoms with Gasteiger partial charge in [-0.15, -0.1) is 0 Å². The van der Waals surface area contributed by atoms with E-state index in [0.717, 1.165) is 35.7 Å². The van der Waals surface area contributed by atoms with Gasteiger partial charge in [-0.1, -0.05) is 12.1 Å². The van der Waals surface area contributed by atoms with Gasteiger partial charge in [0.25, 0.3) is 5.91 Å². The SMILES string of the molecule is Cc1oc(C)c(C(=O)Nc2cccc(-c3cn4c(n3)CCCC4)c2)c1Br. The molecule has 0 spiro atoms. The van der Waals surface area contributed by atoms with Gasteiger partial charge in [-0.25, -0.2) is 4.98 Å². The van der Waals surface area contributed by atoms with Crippen molar-refractivity contribution < 1.29 is 9.21 Å². The van der Waals surface area contributed by atoms with Gasteiger partial charge < -0.3 is 14.3 Å². The van der Waals surface area contributed by atoms with E-state index in [1.807, 2.05) is 31.2 Å². The Hall–Kier alpha value is -2.34. The molecule has 2 aromatic heterocycles. The number of amides is 1. The van der Waals surface area contributed by atoms with Crippen LogP contribution in [-0.4, -0.2) is 15.5 Å². The Morgan fingerprint density at radius 1 is 1.27 bits per heavy atom. The van der Waals surface area contributed by atoms with Crippen LogP contribution in [-0.2, 0) is 13.0 Å². The number of hydrogen-bond donors (Lipinski definition) is 1. The first-order valence-electron chi connectivity index (χ1n) is 8.76. The maximum absolute atomic E-state index is 12.7.